The van der Waals surface area contributed by atoms with Crippen LogP contribution in [0, 0.1) is 0 Å². The van der Waals surface area contributed by atoms with E-state index in [0.717, 1.165) is 22.3 Å². The van der Waals surface area contributed by atoms with Crippen molar-refractivity contribution < 1.29 is 29.0 Å². The molecule has 0 saturated heterocycles. The quantitative estimate of drug-likeness (QED) is 0.477. The highest BCUT2D eigenvalue weighted by Crippen LogP contribution is 2.44. The van der Waals surface area contributed by atoms with Crippen LogP contribution in [0.2, 0.25) is 0 Å². The number of carbonyl (C=O) groups excluding carboxylic acids is 3. The summed E-state index contributed by atoms with van der Waals surface area (Å²) in [5.74, 6) is -2.92. The molecule has 31 heavy (non-hydrogen) atoms. The van der Waals surface area contributed by atoms with Crippen molar-refractivity contribution in [3.05, 3.63) is 59.7 Å². The molecule has 0 bridgehead atoms. The van der Waals surface area contributed by atoms with E-state index in [9.17, 15) is 19.2 Å². The minimum Gasteiger partial charge on any atom is -0.480 e. The number of rotatable bonds is 9. The molecular formula is C22H23N3O6. The molecule has 2 aromatic carbocycles. The summed E-state index contributed by atoms with van der Waals surface area (Å²) in [6.45, 7) is 0.0944. The molecule has 162 valence electrons. The molecule has 5 N–H and O–H groups in total. The first-order valence-electron chi connectivity index (χ1n) is 9.76. The Hall–Kier alpha value is -3.88. The number of alkyl carbamates (subject to hydrolysis) is 1. The van der Waals surface area contributed by atoms with E-state index in [1.54, 1.807) is 0 Å². The number of nitrogens with one attached hydrogen (secondary N) is 2. The number of benzene rings is 2. The van der Waals surface area contributed by atoms with Crippen molar-refractivity contribution in [2.45, 2.75) is 24.8 Å². The lowest BCUT2D eigenvalue weighted by Gasteiger charge is -2.15. The number of primary amides is 1. The van der Waals surface area contributed by atoms with Gasteiger partial charge >= 0.3 is 12.1 Å². The van der Waals surface area contributed by atoms with Crippen molar-refractivity contribution in [1.29, 1.82) is 0 Å². The van der Waals surface area contributed by atoms with Crippen LogP contribution in [-0.4, -0.2) is 48.2 Å². The summed E-state index contributed by atoms with van der Waals surface area (Å²) in [7, 11) is 0. The number of amides is 3. The van der Waals surface area contributed by atoms with E-state index in [-0.39, 0.29) is 25.5 Å². The number of nitrogens with two attached hydrogens (primary N) is 1. The summed E-state index contributed by atoms with van der Waals surface area (Å²) in [5, 5.41) is 13.6. The maximum absolute atomic E-state index is 12.1. The van der Waals surface area contributed by atoms with Gasteiger partial charge in [0.05, 0.1) is 6.42 Å². The molecule has 0 unspecified atom stereocenters. The maximum Gasteiger partial charge on any atom is 0.407 e. The van der Waals surface area contributed by atoms with Gasteiger partial charge in [-0.1, -0.05) is 48.5 Å². The Bertz CT molecular complexity index is 961. The number of carboxylic acid groups (broad SMARTS) is 1. The Morgan fingerprint density at radius 1 is 1.00 bits per heavy atom. The van der Waals surface area contributed by atoms with Crippen molar-refractivity contribution in [2.24, 2.45) is 5.73 Å². The lowest BCUT2D eigenvalue weighted by Crippen LogP contribution is -2.44. The fraction of sp³-hybridized carbons (Fsp3) is 0.273. The fourth-order valence-electron chi connectivity index (χ4n) is 3.60. The third kappa shape index (κ3) is 5.39. The van der Waals surface area contributed by atoms with Gasteiger partial charge in [0.15, 0.2) is 0 Å². The summed E-state index contributed by atoms with van der Waals surface area (Å²) in [6.07, 6.45) is -1.37. The van der Waals surface area contributed by atoms with Gasteiger partial charge in [-0.2, -0.15) is 0 Å². The topological polar surface area (TPSA) is 148 Å². The van der Waals surface area contributed by atoms with Gasteiger partial charge < -0.3 is 26.2 Å². The molecule has 0 spiro atoms. The van der Waals surface area contributed by atoms with Crippen molar-refractivity contribution in [1.82, 2.24) is 10.6 Å². The summed E-state index contributed by atoms with van der Waals surface area (Å²) in [4.78, 5) is 45.8. The van der Waals surface area contributed by atoms with E-state index in [1.165, 1.54) is 0 Å². The number of aliphatic carboxylic acids is 1. The number of carboxylic acids is 1. The molecule has 2 aromatic rings. The molecule has 0 fully saturated rings. The van der Waals surface area contributed by atoms with Crippen LogP contribution >= 0.6 is 0 Å². The molecule has 1 atom stereocenters. The Kier molecular flexibility index (Phi) is 6.86. The molecule has 1 aliphatic carbocycles. The molecule has 1 aliphatic rings. The van der Waals surface area contributed by atoms with Gasteiger partial charge in [-0.15, -0.1) is 0 Å². The normalized spacial score (nSPS) is 12.9. The Labute approximate surface area is 178 Å². The van der Waals surface area contributed by atoms with E-state index in [2.05, 4.69) is 10.6 Å². The third-order valence-electron chi connectivity index (χ3n) is 5.00. The van der Waals surface area contributed by atoms with Crippen LogP contribution in [0.1, 0.15) is 29.9 Å². The van der Waals surface area contributed by atoms with Gasteiger partial charge in [0.1, 0.15) is 12.6 Å². The Balaban J connectivity index is 1.47. The number of carbonyl (C=O) groups is 4. The number of hydrogen-bond donors (Lipinski definition) is 4. The largest absolute Gasteiger partial charge is 0.480 e. The van der Waals surface area contributed by atoms with Gasteiger partial charge in [0.2, 0.25) is 11.8 Å². The van der Waals surface area contributed by atoms with E-state index >= 15 is 0 Å². The number of fused-ring (bicyclic) bond motifs is 3. The average Bonchev–Trinajstić information content (AvgIpc) is 3.05. The van der Waals surface area contributed by atoms with Gasteiger partial charge in [0, 0.05) is 18.9 Å². The molecule has 0 saturated carbocycles. The molecular weight excluding hydrogens is 402 g/mol. The van der Waals surface area contributed by atoms with Gasteiger partial charge in [-0.3, -0.25) is 9.59 Å². The van der Waals surface area contributed by atoms with Crippen LogP contribution in [0.3, 0.4) is 0 Å². The van der Waals surface area contributed by atoms with E-state index in [4.69, 9.17) is 15.6 Å². The molecule has 0 aromatic heterocycles. The minimum atomic E-state index is -1.40. The minimum absolute atomic E-state index is 0.0502. The summed E-state index contributed by atoms with van der Waals surface area (Å²) in [6, 6.07) is 14.5. The maximum atomic E-state index is 12.1. The predicted octanol–water partition coefficient (Wildman–Crippen LogP) is 1.36. The SMILES string of the molecule is NC(=O)C[C@H](NC(=O)CCNC(=O)OCC1c2ccccc2-c2ccccc21)C(=O)O. The standard InChI is InChI=1S/C22H23N3O6/c23-19(26)11-18(21(28)29)25-20(27)9-10-24-22(30)31-12-17-15-7-3-1-5-13(15)14-6-2-4-8-16(14)17/h1-8,17-18H,9-12H2,(H2,23,26)(H,24,30)(H,25,27)(H,28,29)/t18-/m0/s1. The highest BCUT2D eigenvalue weighted by atomic mass is 16.5. The number of ether oxygens (including phenoxy) is 1. The van der Waals surface area contributed by atoms with E-state index in [1.807, 2.05) is 48.5 Å². The molecule has 9 heteroatoms. The van der Waals surface area contributed by atoms with Gasteiger partial charge in [-0.25, -0.2) is 9.59 Å². The predicted molar refractivity (Wildman–Crippen MR) is 111 cm³/mol. The molecule has 9 nitrogen and oxygen atoms in total. The van der Waals surface area contributed by atoms with Gasteiger partial charge in [-0.05, 0) is 22.3 Å². The zero-order valence-corrected chi connectivity index (χ0v) is 16.7. The molecule has 0 radical (unpaired) electrons. The molecule has 0 aliphatic heterocycles. The highest BCUT2D eigenvalue weighted by Gasteiger charge is 2.29. The van der Waals surface area contributed by atoms with Crippen LogP contribution in [0.4, 0.5) is 4.79 Å². The van der Waals surface area contributed by atoms with Crippen LogP contribution in [0.5, 0.6) is 0 Å². The molecule has 3 amide bonds. The van der Waals surface area contributed by atoms with E-state index in [0.29, 0.717) is 0 Å². The Morgan fingerprint density at radius 3 is 2.13 bits per heavy atom. The van der Waals surface area contributed by atoms with Crippen LogP contribution in [0.25, 0.3) is 11.1 Å². The summed E-state index contributed by atoms with van der Waals surface area (Å²) >= 11 is 0. The lowest BCUT2D eigenvalue weighted by atomic mass is 9.98. The van der Waals surface area contributed by atoms with Crippen molar-refractivity contribution >= 4 is 23.9 Å². The fourth-order valence-corrected chi connectivity index (χ4v) is 3.60. The summed E-state index contributed by atoms with van der Waals surface area (Å²) < 4.78 is 5.36. The zero-order valence-electron chi connectivity index (χ0n) is 16.7. The second-order valence-electron chi connectivity index (χ2n) is 7.13. The third-order valence-corrected chi connectivity index (χ3v) is 5.00. The first kappa shape index (κ1) is 21.8. The van der Waals surface area contributed by atoms with Crippen molar-refractivity contribution in [2.75, 3.05) is 13.2 Å². The van der Waals surface area contributed by atoms with E-state index < -0.39 is 36.3 Å². The number of hydrogen-bond acceptors (Lipinski definition) is 5. The first-order chi connectivity index (χ1) is 14.9. The summed E-state index contributed by atoms with van der Waals surface area (Å²) in [5.41, 5.74) is 9.38. The van der Waals surface area contributed by atoms with Crippen LogP contribution in [0.15, 0.2) is 48.5 Å². The highest BCUT2D eigenvalue weighted by molar-refractivity contribution is 5.88. The second kappa shape index (κ2) is 9.75. The first-order valence-corrected chi connectivity index (χ1v) is 9.76. The average molecular weight is 425 g/mol. The lowest BCUT2D eigenvalue weighted by molar-refractivity contribution is -0.143. The van der Waals surface area contributed by atoms with Crippen molar-refractivity contribution in [3.63, 3.8) is 0 Å². The van der Waals surface area contributed by atoms with Crippen LogP contribution in [-0.2, 0) is 19.1 Å². The smallest absolute Gasteiger partial charge is 0.407 e. The molecule has 3 rings (SSSR count). The monoisotopic (exact) mass is 425 g/mol. The second-order valence-corrected chi connectivity index (χ2v) is 7.13. The zero-order chi connectivity index (χ0) is 22.4. The van der Waals surface area contributed by atoms with Crippen LogP contribution < -0.4 is 16.4 Å². The Morgan fingerprint density at radius 2 is 1.58 bits per heavy atom. The molecule has 0 heterocycles. The van der Waals surface area contributed by atoms with Crippen molar-refractivity contribution in [3.8, 4) is 11.1 Å². The van der Waals surface area contributed by atoms with Gasteiger partial charge in [0.25, 0.3) is 0 Å².